The fraction of sp³-hybridized carbons (Fsp3) is 0.235. The number of methoxy groups -OCH3 is 1. The molecule has 0 bridgehead atoms. The summed E-state index contributed by atoms with van der Waals surface area (Å²) in [5.41, 5.74) is 1.03. The van der Waals surface area contributed by atoms with Gasteiger partial charge in [-0.3, -0.25) is 9.59 Å². The molecule has 2 N–H and O–H groups in total. The number of ether oxygens (including phenoxy) is 1. The Morgan fingerprint density at radius 1 is 1.12 bits per heavy atom. The van der Waals surface area contributed by atoms with Crippen LogP contribution in [0, 0.1) is 0 Å². The van der Waals surface area contributed by atoms with Crippen molar-refractivity contribution in [3.8, 4) is 0 Å². The summed E-state index contributed by atoms with van der Waals surface area (Å²) in [6.07, 6.45) is 0.714. The maximum absolute atomic E-state index is 12.3. The Hall–Kier alpha value is -2.25. The van der Waals surface area contributed by atoms with Gasteiger partial charge in [0.15, 0.2) is 0 Å². The number of rotatable bonds is 7. The minimum atomic E-state index is -0.373. The molecule has 0 spiro atoms. The van der Waals surface area contributed by atoms with Crippen molar-refractivity contribution in [3.05, 3.63) is 58.3 Å². The summed E-state index contributed by atoms with van der Waals surface area (Å²) in [6, 6.07) is 12.0. The van der Waals surface area contributed by atoms with Gasteiger partial charge in [-0.1, -0.05) is 28.1 Å². The molecule has 0 saturated carbocycles. The molecule has 0 aliphatic carbocycles. The van der Waals surface area contributed by atoms with Crippen molar-refractivity contribution in [2.45, 2.75) is 6.42 Å². The zero-order valence-electron chi connectivity index (χ0n) is 13.2. The lowest BCUT2D eigenvalue weighted by atomic mass is 10.2. The third-order valence-electron chi connectivity index (χ3n) is 3.11. The molecule has 2 aromatic rings. The van der Waals surface area contributed by atoms with Crippen molar-refractivity contribution in [1.29, 1.82) is 0 Å². The van der Waals surface area contributed by atoms with Gasteiger partial charge in [0, 0.05) is 30.4 Å². The molecule has 0 radical (unpaired) electrons. The molecule has 0 unspecified atom stereocenters. The number of aromatic nitrogens is 1. The topological polar surface area (TPSA) is 80.3 Å². The summed E-state index contributed by atoms with van der Waals surface area (Å²) in [4.78, 5) is 28.4. The molecule has 6 nitrogen and oxygen atoms in total. The molecule has 7 heteroatoms. The summed E-state index contributed by atoms with van der Waals surface area (Å²) in [5, 5.41) is 5.48. The van der Waals surface area contributed by atoms with E-state index in [0.29, 0.717) is 25.3 Å². The summed E-state index contributed by atoms with van der Waals surface area (Å²) in [7, 11) is 1.61. The van der Waals surface area contributed by atoms with E-state index in [-0.39, 0.29) is 23.2 Å². The van der Waals surface area contributed by atoms with E-state index in [1.807, 2.05) is 12.1 Å². The predicted molar refractivity (Wildman–Crippen MR) is 95.2 cm³/mol. The van der Waals surface area contributed by atoms with Crippen molar-refractivity contribution in [1.82, 2.24) is 10.3 Å². The van der Waals surface area contributed by atoms with Crippen LogP contribution in [0.1, 0.15) is 27.4 Å². The first-order chi connectivity index (χ1) is 11.6. The second kappa shape index (κ2) is 9.14. The fourth-order valence-electron chi connectivity index (χ4n) is 1.96. The van der Waals surface area contributed by atoms with Crippen LogP contribution in [-0.4, -0.2) is 37.1 Å². The molecule has 1 heterocycles. The van der Waals surface area contributed by atoms with Gasteiger partial charge >= 0.3 is 0 Å². The Labute approximate surface area is 148 Å². The van der Waals surface area contributed by atoms with Gasteiger partial charge in [-0.2, -0.15) is 0 Å². The van der Waals surface area contributed by atoms with Gasteiger partial charge in [0.1, 0.15) is 11.4 Å². The van der Waals surface area contributed by atoms with Crippen LogP contribution in [-0.2, 0) is 4.74 Å². The molecular weight excluding hydrogens is 374 g/mol. The molecule has 126 valence electrons. The van der Waals surface area contributed by atoms with E-state index in [9.17, 15) is 9.59 Å². The number of amides is 2. The minimum absolute atomic E-state index is 0.180. The van der Waals surface area contributed by atoms with Crippen molar-refractivity contribution >= 4 is 33.4 Å². The third kappa shape index (κ3) is 5.43. The molecule has 0 fully saturated rings. The lowest BCUT2D eigenvalue weighted by molar-refractivity contribution is 0.0943. The molecule has 24 heavy (non-hydrogen) atoms. The van der Waals surface area contributed by atoms with E-state index in [0.717, 1.165) is 4.47 Å². The van der Waals surface area contributed by atoms with E-state index >= 15 is 0 Å². The number of carbonyl (C=O) groups excluding carboxylic acids is 2. The van der Waals surface area contributed by atoms with Crippen molar-refractivity contribution < 1.29 is 14.3 Å². The Kier molecular flexibility index (Phi) is 6.89. The van der Waals surface area contributed by atoms with Crippen molar-refractivity contribution in [2.75, 3.05) is 25.6 Å². The van der Waals surface area contributed by atoms with Gasteiger partial charge in [-0.05, 0) is 36.8 Å². The van der Waals surface area contributed by atoms with Gasteiger partial charge in [-0.15, -0.1) is 0 Å². The number of hydrogen-bond acceptors (Lipinski definition) is 4. The van der Waals surface area contributed by atoms with Crippen molar-refractivity contribution in [3.63, 3.8) is 0 Å². The molecule has 2 amide bonds. The lowest BCUT2D eigenvalue weighted by Gasteiger charge is -2.07. The maximum atomic E-state index is 12.3. The first-order valence-electron chi connectivity index (χ1n) is 7.41. The number of halogens is 1. The van der Waals surface area contributed by atoms with Gasteiger partial charge in [-0.25, -0.2) is 4.98 Å². The highest BCUT2D eigenvalue weighted by molar-refractivity contribution is 9.10. The fourth-order valence-corrected chi connectivity index (χ4v) is 2.36. The number of hydrogen-bond donors (Lipinski definition) is 2. The third-order valence-corrected chi connectivity index (χ3v) is 3.60. The zero-order chi connectivity index (χ0) is 17.4. The summed E-state index contributed by atoms with van der Waals surface area (Å²) >= 11 is 3.35. The lowest BCUT2D eigenvalue weighted by Crippen LogP contribution is -2.27. The van der Waals surface area contributed by atoms with E-state index in [1.165, 1.54) is 0 Å². The van der Waals surface area contributed by atoms with E-state index in [2.05, 4.69) is 31.5 Å². The zero-order valence-corrected chi connectivity index (χ0v) is 14.8. The van der Waals surface area contributed by atoms with Crippen LogP contribution in [0.2, 0.25) is 0 Å². The first-order valence-corrected chi connectivity index (χ1v) is 8.20. The molecular formula is C17H18BrN3O3. The second-order valence-corrected chi connectivity index (χ2v) is 5.89. The number of anilines is 1. The number of nitrogens with zero attached hydrogens (tertiary/aromatic N) is 1. The van der Waals surface area contributed by atoms with Crippen LogP contribution in [0.15, 0.2) is 46.9 Å². The molecule has 1 aromatic heterocycles. The Morgan fingerprint density at radius 2 is 1.83 bits per heavy atom. The maximum Gasteiger partial charge on any atom is 0.274 e. The van der Waals surface area contributed by atoms with Crippen LogP contribution in [0.3, 0.4) is 0 Å². The highest BCUT2D eigenvalue weighted by Gasteiger charge is 2.12. The largest absolute Gasteiger partial charge is 0.385 e. The van der Waals surface area contributed by atoms with Gasteiger partial charge in [0.25, 0.3) is 11.8 Å². The molecule has 0 saturated heterocycles. The summed E-state index contributed by atoms with van der Waals surface area (Å²) in [5.74, 6) is -0.689. The molecule has 2 rings (SSSR count). The predicted octanol–water partition coefficient (Wildman–Crippen LogP) is 2.86. The SMILES string of the molecule is COCCCNC(=O)c1cccc(C(=O)Nc2cccc(Br)c2)n1. The quantitative estimate of drug-likeness (QED) is 0.711. The average Bonchev–Trinajstić information content (AvgIpc) is 2.58. The van der Waals surface area contributed by atoms with E-state index in [4.69, 9.17) is 4.74 Å². The standard InChI is InChI=1S/C17H18BrN3O3/c1-24-10-4-9-19-16(22)14-7-3-8-15(21-14)17(23)20-13-6-2-5-12(18)11-13/h2-3,5-8,11H,4,9-10H2,1H3,(H,19,22)(H,20,23). The summed E-state index contributed by atoms with van der Waals surface area (Å²) in [6.45, 7) is 1.06. The Morgan fingerprint density at radius 3 is 2.54 bits per heavy atom. The van der Waals surface area contributed by atoms with Crippen LogP contribution in [0.5, 0.6) is 0 Å². The smallest absolute Gasteiger partial charge is 0.274 e. The average molecular weight is 392 g/mol. The van der Waals surface area contributed by atoms with E-state index < -0.39 is 0 Å². The van der Waals surface area contributed by atoms with Crippen molar-refractivity contribution in [2.24, 2.45) is 0 Å². The normalized spacial score (nSPS) is 10.2. The molecule has 0 aliphatic rings. The Bertz CT molecular complexity index is 722. The minimum Gasteiger partial charge on any atom is -0.385 e. The van der Waals surface area contributed by atoms with Crippen LogP contribution in [0.4, 0.5) is 5.69 Å². The second-order valence-electron chi connectivity index (χ2n) is 4.97. The van der Waals surface area contributed by atoms with E-state index in [1.54, 1.807) is 37.4 Å². The molecule has 0 aliphatic heterocycles. The van der Waals surface area contributed by atoms with Gasteiger partial charge in [0.2, 0.25) is 0 Å². The van der Waals surface area contributed by atoms with Crippen LogP contribution < -0.4 is 10.6 Å². The Balaban J connectivity index is 2.01. The summed E-state index contributed by atoms with van der Waals surface area (Å²) < 4.78 is 5.78. The molecule has 0 atom stereocenters. The number of nitrogens with one attached hydrogen (secondary N) is 2. The number of pyridine rings is 1. The monoisotopic (exact) mass is 391 g/mol. The van der Waals surface area contributed by atoms with Crippen LogP contribution >= 0.6 is 15.9 Å². The molecule has 1 aromatic carbocycles. The first kappa shape index (κ1) is 18.1. The highest BCUT2D eigenvalue weighted by Crippen LogP contribution is 2.16. The van der Waals surface area contributed by atoms with Gasteiger partial charge < -0.3 is 15.4 Å². The number of benzene rings is 1. The highest BCUT2D eigenvalue weighted by atomic mass is 79.9. The number of carbonyl (C=O) groups is 2. The van der Waals surface area contributed by atoms with Gasteiger partial charge in [0.05, 0.1) is 0 Å². The van der Waals surface area contributed by atoms with Crippen LogP contribution in [0.25, 0.3) is 0 Å².